The van der Waals surface area contributed by atoms with Crippen LogP contribution in [0.1, 0.15) is 17.5 Å². The fourth-order valence-electron chi connectivity index (χ4n) is 5.00. The Kier molecular flexibility index (Phi) is 5.02. The van der Waals surface area contributed by atoms with Crippen LogP contribution < -0.4 is 15.1 Å². The van der Waals surface area contributed by atoms with Crippen LogP contribution in [0.3, 0.4) is 0 Å². The summed E-state index contributed by atoms with van der Waals surface area (Å²) >= 11 is 1.26. The largest absolute Gasteiger partial charge is 0.368 e. The normalized spacial score (nSPS) is 16.3. The summed E-state index contributed by atoms with van der Waals surface area (Å²) in [4.78, 5) is 9.17. The fraction of sp³-hybridized carbons (Fsp3) is 0.320. The number of halogens is 2. The molecular formula is C25H23F2N7S. The van der Waals surface area contributed by atoms with E-state index in [9.17, 15) is 9.65 Å². The molecular weight excluding hydrogens is 468 g/mol. The lowest BCUT2D eigenvalue weighted by atomic mass is 9.74. The molecule has 2 fully saturated rings. The van der Waals surface area contributed by atoms with Crippen molar-refractivity contribution in [2.24, 2.45) is 5.41 Å². The van der Waals surface area contributed by atoms with E-state index in [1.165, 1.54) is 29.7 Å². The van der Waals surface area contributed by atoms with Gasteiger partial charge in [-0.15, -0.1) is 0 Å². The molecule has 0 saturated carbocycles. The first-order valence-corrected chi connectivity index (χ1v) is 12.3. The Bertz CT molecular complexity index is 1470. The number of hydrogen-bond donors (Lipinski definition) is 1. The summed E-state index contributed by atoms with van der Waals surface area (Å²) < 4.78 is 30.0. The summed E-state index contributed by atoms with van der Waals surface area (Å²) in [5.41, 5.74) is 4.47. The Balaban J connectivity index is 1.41. The van der Waals surface area contributed by atoms with E-state index in [0.717, 1.165) is 43.1 Å². The number of pyridine rings is 1. The quantitative estimate of drug-likeness (QED) is 0.448. The lowest BCUT2D eigenvalue weighted by Gasteiger charge is -2.57. The molecule has 5 heterocycles. The van der Waals surface area contributed by atoms with E-state index < -0.39 is 0 Å². The average Bonchev–Trinajstić information content (AvgIpc) is 3.38. The van der Waals surface area contributed by atoms with Gasteiger partial charge in [0.25, 0.3) is 0 Å². The highest BCUT2D eigenvalue weighted by Gasteiger charge is 2.48. The molecule has 1 N–H and O–H groups in total. The van der Waals surface area contributed by atoms with Gasteiger partial charge in [-0.2, -0.15) is 10.4 Å². The summed E-state index contributed by atoms with van der Waals surface area (Å²) in [6.07, 6.45) is 2.09. The van der Waals surface area contributed by atoms with Crippen molar-refractivity contribution in [3.05, 3.63) is 58.7 Å². The van der Waals surface area contributed by atoms with Crippen molar-refractivity contribution >= 4 is 33.4 Å². The number of nitrogens with one attached hydrogen (secondary N) is 1. The SMILES string of the molecule is CCc1nn2cc(F)c(N3CC4(CNC4)C3)cc2c1N(C)c1nc(-c2ccc(F)cc2)c(C#N)s1. The Morgan fingerprint density at radius 1 is 1.23 bits per heavy atom. The topological polar surface area (TPSA) is 72.5 Å². The lowest BCUT2D eigenvalue weighted by molar-refractivity contribution is 0.120. The number of thiazole rings is 1. The van der Waals surface area contributed by atoms with Crippen LogP contribution in [0.4, 0.5) is 25.3 Å². The van der Waals surface area contributed by atoms with E-state index in [-0.39, 0.29) is 17.0 Å². The molecule has 1 aromatic carbocycles. The minimum atomic E-state index is -0.344. The van der Waals surface area contributed by atoms with E-state index in [0.29, 0.717) is 33.4 Å². The first-order valence-electron chi connectivity index (χ1n) is 11.5. The Hall–Kier alpha value is -3.55. The molecule has 0 bridgehead atoms. The molecule has 0 atom stereocenters. The van der Waals surface area contributed by atoms with Crippen molar-refractivity contribution < 1.29 is 8.78 Å². The molecule has 2 aliphatic rings. The smallest absolute Gasteiger partial charge is 0.191 e. The van der Waals surface area contributed by atoms with Crippen molar-refractivity contribution in [2.45, 2.75) is 13.3 Å². The van der Waals surface area contributed by atoms with Gasteiger partial charge in [-0.25, -0.2) is 18.3 Å². The van der Waals surface area contributed by atoms with Gasteiger partial charge >= 0.3 is 0 Å². The highest BCUT2D eigenvalue weighted by molar-refractivity contribution is 7.16. The average molecular weight is 492 g/mol. The van der Waals surface area contributed by atoms with Gasteiger partial charge in [-0.3, -0.25) is 0 Å². The second-order valence-electron chi connectivity index (χ2n) is 9.30. The Morgan fingerprint density at radius 2 is 1.97 bits per heavy atom. The molecule has 2 aliphatic heterocycles. The zero-order valence-electron chi connectivity index (χ0n) is 19.3. The molecule has 0 unspecified atom stereocenters. The third-order valence-electron chi connectivity index (χ3n) is 6.93. The molecule has 0 radical (unpaired) electrons. The number of aryl methyl sites for hydroxylation is 1. The second kappa shape index (κ2) is 8.00. The highest BCUT2D eigenvalue weighted by atomic mass is 32.1. The van der Waals surface area contributed by atoms with E-state index in [1.807, 2.05) is 24.9 Å². The number of nitriles is 1. The van der Waals surface area contributed by atoms with E-state index in [1.54, 1.807) is 16.6 Å². The summed E-state index contributed by atoms with van der Waals surface area (Å²) in [6.45, 7) is 5.65. The maximum atomic E-state index is 15.0. The minimum absolute atomic E-state index is 0.276. The zero-order valence-corrected chi connectivity index (χ0v) is 20.2. The predicted octanol–water partition coefficient (Wildman–Crippen LogP) is 4.35. The summed E-state index contributed by atoms with van der Waals surface area (Å²) in [7, 11) is 1.88. The second-order valence-corrected chi connectivity index (χ2v) is 10.3. The van der Waals surface area contributed by atoms with Gasteiger partial charge in [0.05, 0.1) is 28.8 Å². The third-order valence-corrected chi connectivity index (χ3v) is 7.97. The van der Waals surface area contributed by atoms with E-state index in [2.05, 4.69) is 21.4 Å². The highest BCUT2D eigenvalue weighted by Crippen LogP contribution is 2.42. The molecule has 0 amide bonds. The number of anilines is 3. The lowest BCUT2D eigenvalue weighted by Crippen LogP contribution is -2.71. The van der Waals surface area contributed by atoms with Gasteiger partial charge in [0.1, 0.15) is 22.5 Å². The number of benzene rings is 1. The molecule has 0 aliphatic carbocycles. The van der Waals surface area contributed by atoms with Gasteiger partial charge in [0.2, 0.25) is 0 Å². The van der Waals surface area contributed by atoms with Crippen molar-refractivity contribution in [3.8, 4) is 17.3 Å². The Labute approximate surface area is 205 Å². The molecule has 1 spiro atoms. The Morgan fingerprint density at radius 3 is 2.60 bits per heavy atom. The van der Waals surface area contributed by atoms with Crippen LogP contribution in [0.25, 0.3) is 16.8 Å². The van der Waals surface area contributed by atoms with Crippen molar-refractivity contribution in [2.75, 3.05) is 43.0 Å². The predicted molar refractivity (Wildman–Crippen MR) is 132 cm³/mol. The zero-order chi connectivity index (χ0) is 24.3. The van der Waals surface area contributed by atoms with Crippen molar-refractivity contribution in [3.63, 3.8) is 0 Å². The standard InChI is InChI=1S/C25H23F2N7S/c1-3-18-23(32(2)24-30-22(21(9-28)35-24)15-4-6-16(26)7-5-15)20-8-19(17(27)10-34(20)31-18)33-13-25(14-33)11-29-12-25/h4-8,10,29H,3,11-14H2,1-2H3. The first kappa shape index (κ1) is 21.9. The molecule has 7 nitrogen and oxygen atoms in total. The summed E-state index contributed by atoms with van der Waals surface area (Å²) in [6, 6.07) is 10.0. The van der Waals surface area contributed by atoms with E-state index >= 15 is 4.39 Å². The molecule has 2 saturated heterocycles. The monoisotopic (exact) mass is 491 g/mol. The van der Waals surface area contributed by atoms with Crippen molar-refractivity contribution in [1.82, 2.24) is 19.9 Å². The van der Waals surface area contributed by atoms with E-state index in [4.69, 9.17) is 4.98 Å². The molecule has 35 heavy (non-hydrogen) atoms. The summed E-state index contributed by atoms with van der Waals surface area (Å²) in [5.74, 6) is -0.637. The van der Waals surface area contributed by atoms with Crippen LogP contribution in [-0.2, 0) is 6.42 Å². The van der Waals surface area contributed by atoms with Gasteiger partial charge in [0.15, 0.2) is 10.9 Å². The number of fused-ring (bicyclic) bond motifs is 1. The molecule has 6 rings (SSSR count). The first-order chi connectivity index (χ1) is 16.9. The third kappa shape index (κ3) is 3.46. The molecule has 178 valence electrons. The van der Waals surface area contributed by atoms with Crippen LogP contribution in [0, 0.1) is 28.4 Å². The van der Waals surface area contributed by atoms with Gasteiger partial charge in [-0.1, -0.05) is 18.3 Å². The van der Waals surface area contributed by atoms with Gasteiger partial charge < -0.3 is 15.1 Å². The van der Waals surface area contributed by atoms with Crippen LogP contribution >= 0.6 is 11.3 Å². The molecule has 3 aromatic heterocycles. The maximum absolute atomic E-state index is 15.0. The minimum Gasteiger partial charge on any atom is -0.368 e. The fourth-order valence-corrected chi connectivity index (χ4v) is 5.85. The number of rotatable bonds is 5. The molecule has 4 aromatic rings. The summed E-state index contributed by atoms with van der Waals surface area (Å²) in [5, 5.41) is 18.3. The van der Waals surface area contributed by atoms with Crippen LogP contribution in [-0.4, -0.2) is 47.8 Å². The van der Waals surface area contributed by atoms with Gasteiger partial charge in [0, 0.05) is 44.2 Å². The van der Waals surface area contributed by atoms with Crippen LogP contribution in [0.15, 0.2) is 36.5 Å². The van der Waals surface area contributed by atoms with Crippen LogP contribution in [0.5, 0.6) is 0 Å². The number of aromatic nitrogens is 3. The number of hydrogen-bond acceptors (Lipinski definition) is 7. The van der Waals surface area contributed by atoms with Crippen molar-refractivity contribution in [1.29, 1.82) is 5.26 Å². The molecule has 10 heteroatoms. The number of nitrogens with zero attached hydrogens (tertiary/aromatic N) is 6. The maximum Gasteiger partial charge on any atom is 0.191 e. The van der Waals surface area contributed by atoms with Crippen LogP contribution in [0.2, 0.25) is 0 Å². The van der Waals surface area contributed by atoms with Gasteiger partial charge in [-0.05, 0) is 36.8 Å².